The van der Waals surface area contributed by atoms with E-state index < -0.39 is 0 Å². The second kappa shape index (κ2) is 6.26. The van der Waals surface area contributed by atoms with Crippen LogP contribution in [0.2, 0.25) is 0 Å². The van der Waals surface area contributed by atoms with Crippen molar-refractivity contribution in [3.8, 4) is 17.3 Å². The molecule has 120 valence electrons. The van der Waals surface area contributed by atoms with Crippen LogP contribution in [0, 0.1) is 11.3 Å². The molecular formula is C17H16N6O. The lowest BCUT2D eigenvalue weighted by molar-refractivity contribution is 0.226. The number of aryl methyl sites for hydroxylation is 1. The fourth-order valence-corrected chi connectivity index (χ4v) is 2.98. The van der Waals surface area contributed by atoms with Crippen molar-refractivity contribution in [3.05, 3.63) is 53.8 Å². The number of nitriles is 1. The summed E-state index contributed by atoms with van der Waals surface area (Å²) >= 11 is 0. The predicted octanol–water partition coefficient (Wildman–Crippen LogP) is 2.21. The van der Waals surface area contributed by atoms with Gasteiger partial charge in [-0.15, -0.1) is 0 Å². The Labute approximate surface area is 139 Å². The quantitative estimate of drug-likeness (QED) is 0.735. The lowest BCUT2D eigenvalue weighted by atomic mass is 10.2. The zero-order valence-corrected chi connectivity index (χ0v) is 13.1. The number of hydrogen-bond acceptors (Lipinski definition) is 6. The molecule has 1 aliphatic rings. The van der Waals surface area contributed by atoms with Crippen LogP contribution < -0.4 is 0 Å². The molecule has 0 fully saturated rings. The van der Waals surface area contributed by atoms with Crippen molar-refractivity contribution < 1.29 is 4.52 Å². The maximum absolute atomic E-state index is 9.00. The number of fused-ring (bicyclic) bond motifs is 1. The van der Waals surface area contributed by atoms with E-state index in [4.69, 9.17) is 9.78 Å². The Balaban J connectivity index is 1.49. The maximum Gasteiger partial charge on any atom is 0.162 e. The fraction of sp³-hybridized carbons (Fsp3) is 0.294. The van der Waals surface area contributed by atoms with E-state index in [-0.39, 0.29) is 0 Å². The Morgan fingerprint density at radius 2 is 2.25 bits per heavy atom. The van der Waals surface area contributed by atoms with E-state index in [1.54, 1.807) is 12.4 Å². The Morgan fingerprint density at radius 3 is 3.08 bits per heavy atom. The van der Waals surface area contributed by atoms with Gasteiger partial charge in [0.25, 0.3) is 0 Å². The van der Waals surface area contributed by atoms with Crippen LogP contribution in [0.15, 0.2) is 41.2 Å². The van der Waals surface area contributed by atoms with Crippen molar-refractivity contribution >= 4 is 0 Å². The monoisotopic (exact) mass is 320 g/mol. The third kappa shape index (κ3) is 2.92. The Bertz CT molecular complexity index is 876. The largest absolute Gasteiger partial charge is 0.359 e. The zero-order chi connectivity index (χ0) is 16.4. The van der Waals surface area contributed by atoms with Crippen molar-refractivity contribution in [2.45, 2.75) is 26.1 Å². The van der Waals surface area contributed by atoms with E-state index in [0.29, 0.717) is 12.2 Å². The minimum absolute atomic E-state index is 0.477. The van der Waals surface area contributed by atoms with Crippen molar-refractivity contribution in [2.24, 2.45) is 0 Å². The minimum Gasteiger partial charge on any atom is -0.359 e. The molecule has 0 saturated heterocycles. The average Bonchev–Trinajstić information content (AvgIpc) is 3.19. The van der Waals surface area contributed by atoms with Crippen LogP contribution in [0.5, 0.6) is 0 Å². The number of pyridine rings is 1. The lowest BCUT2D eigenvalue weighted by Crippen LogP contribution is -2.22. The Morgan fingerprint density at radius 1 is 1.29 bits per heavy atom. The van der Waals surface area contributed by atoms with E-state index in [2.05, 4.69) is 26.2 Å². The highest BCUT2D eigenvalue weighted by molar-refractivity contribution is 5.57. The highest BCUT2D eigenvalue weighted by atomic mass is 16.5. The van der Waals surface area contributed by atoms with Crippen LogP contribution in [-0.4, -0.2) is 31.4 Å². The third-order valence-corrected chi connectivity index (χ3v) is 4.10. The number of hydrogen-bond donors (Lipinski definition) is 0. The van der Waals surface area contributed by atoms with E-state index >= 15 is 0 Å². The summed E-state index contributed by atoms with van der Waals surface area (Å²) in [4.78, 5) is 6.39. The molecular weight excluding hydrogens is 304 g/mol. The molecule has 0 amide bonds. The molecule has 24 heavy (non-hydrogen) atoms. The average molecular weight is 320 g/mol. The van der Waals surface area contributed by atoms with Crippen LogP contribution >= 0.6 is 0 Å². The third-order valence-electron chi connectivity index (χ3n) is 4.10. The summed E-state index contributed by atoms with van der Waals surface area (Å²) < 4.78 is 7.41. The summed E-state index contributed by atoms with van der Waals surface area (Å²) in [6.07, 6.45) is 4.50. The molecule has 0 spiro atoms. The smallest absolute Gasteiger partial charge is 0.162 e. The summed E-state index contributed by atoms with van der Waals surface area (Å²) in [5.74, 6) is 0.822. The molecule has 4 heterocycles. The molecule has 3 aromatic rings. The van der Waals surface area contributed by atoms with Crippen molar-refractivity contribution in [3.63, 3.8) is 0 Å². The molecule has 0 bridgehead atoms. The number of nitrogens with zero attached hydrogens (tertiary/aromatic N) is 6. The molecule has 0 unspecified atom stereocenters. The Kier molecular flexibility index (Phi) is 3.81. The molecule has 1 aliphatic heterocycles. The molecule has 0 aliphatic carbocycles. The first-order valence-corrected chi connectivity index (χ1v) is 7.87. The van der Waals surface area contributed by atoms with Crippen LogP contribution in [0.3, 0.4) is 0 Å². The van der Waals surface area contributed by atoms with Crippen LogP contribution in [-0.2, 0) is 19.6 Å². The summed E-state index contributed by atoms with van der Waals surface area (Å²) in [6.45, 7) is 3.22. The van der Waals surface area contributed by atoms with Gasteiger partial charge in [0.1, 0.15) is 11.8 Å². The first kappa shape index (κ1) is 14.6. The first-order valence-electron chi connectivity index (χ1n) is 7.87. The van der Waals surface area contributed by atoms with Gasteiger partial charge in [-0.05, 0) is 24.6 Å². The lowest BCUT2D eigenvalue weighted by Gasteiger charge is -2.17. The van der Waals surface area contributed by atoms with Crippen LogP contribution in [0.1, 0.15) is 23.6 Å². The van der Waals surface area contributed by atoms with Crippen molar-refractivity contribution in [1.29, 1.82) is 5.26 Å². The zero-order valence-electron chi connectivity index (χ0n) is 13.1. The van der Waals surface area contributed by atoms with Gasteiger partial charge in [-0.3, -0.25) is 14.6 Å². The summed E-state index contributed by atoms with van der Waals surface area (Å²) in [6, 6.07) is 9.77. The standard InChI is InChI=1S/C17H16N6O/c18-9-14-7-15-11-22(5-2-6-23(15)20-14)12-16-8-17(21-24-16)13-3-1-4-19-10-13/h1,3-4,7-8,10H,2,5-6,11-12H2. The summed E-state index contributed by atoms with van der Waals surface area (Å²) in [5.41, 5.74) is 3.28. The van der Waals surface area contributed by atoms with Gasteiger partial charge in [-0.2, -0.15) is 10.4 Å². The normalized spacial score (nSPS) is 14.8. The van der Waals surface area contributed by atoms with Gasteiger partial charge in [0.2, 0.25) is 0 Å². The predicted molar refractivity (Wildman–Crippen MR) is 85.4 cm³/mol. The second-order valence-electron chi connectivity index (χ2n) is 5.84. The van der Waals surface area contributed by atoms with E-state index in [9.17, 15) is 0 Å². The van der Waals surface area contributed by atoms with Gasteiger partial charge < -0.3 is 4.52 Å². The van der Waals surface area contributed by atoms with Gasteiger partial charge in [0.15, 0.2) is 11.5 Å². The molecule has 0 N–H and O–H groups in total. The molecule has 7 nitrogen and oxygen atoms in total. The molecule has 0 radical (unpaired) electrons. The van der Waals surface area contributed by atoms with E-state index in [1.807, 2.05) is 28.9 Å². The van der Waals surface area contributed by atoms with Gasteiger partial charge in [-0.25, -0.2) is 0 Å². The van der Waals surface area contributed by atoms with Crippen molar-refractivity contribution in [2.75, 3.05) is 6.54 Å². The summed E-state index contributed by atoms with van der Waals surface area (Å²) in [7, 11) is 0. The maximum atomic E-state index is 9.00. The highest BCUT2D eigenvalue weighted by Crippen LogP contribution is 2.20. The van der Waals surface area contributed by atoms with Gasteiger partial charge in [-0.1, -0.05) is 5.16 Å². The molecule has 3 aromatic heterocycles. The second-order valence-corrected chi connectivity index (χ2v) is 5.84. The topological polar surface area (TPSA) is 83.8 Å². The molecule has 0 atom stereocenters. The van der Waals surface area contributed by atoms with Crippen molar-refractivity contribution in [1.82, 2.24) is 24.8 Å². The van der Waals surface area contributed by atoms with Gasteiger partial charge >= 0.3 is 0 Å². The van der Waals surface area contributed by atoms with Gasteiger partial charge in [0, 0.05) is 43.7 Å². The van der Waals surface area contributed by atoms with Gasteiger partial charge in [0.05, 0.1) is 12.2 Å². The van der Waals surface area contributed by atoms with E-state index in [1.165, 1.54) is 0 Å². The molecule has 0 saturated carbocycles. The molecule has 4 rings (SSSR count). The molecule has 0 aromatic carbocycles. The van der Waals surface area contributed by atoms with E-state index in [0.717, 1.165) is 48.8 Å². The Hall–Kier alpha value is -2.98. The summed E-state index contributed by atoms with van der Waals surface area (Å²) in [5, 5.41) is 17.4. The SMILES string of the molecule is N#Cc1cc2n(n1)CCCN(Cc1cc(-c3cccnc3)no1)C2. The highest BCUT2D eigenvalue weighted by Gasteiger charge is 2.18. The van der Waals surface area contributed by atoms with Crippen LogP contribution in [0.25, 0.3) is 11.3 Å². The van der Waals surface area contributed by atoms with Crippen LogP contribution in [0.4, 0.5) is 0 Å². The number of aromatic nitrogens is 4. The number of rotatable bonds is 3. The minimum atomic E-state index is 0.477. The molecule has 7 heteroatoms. The fourth-order valence-electron chi connectivity index (χ4n) is 2.98. The first-order chi connectivity index (χ1) is 11.8.